The number of carbonyl (C=O) groups excluding carboxylic acids is 1. The van der Waals surface area contributed by atoms with Crippen molar-refractivity contribution in [1.82, 2.24) is 24.6 Å². The minimum Gasteiger partial charge on any atom is -0.341 e. The Morgan fingerprint density at radius 1 is 1.23 bits per heavy atom. The van der Waals surface area contributed by atoms with Gasteiger partial charge >= 0.3 is 0 Å². The Kier molecular flexibility index (Phi) is 6.18. The number of fused-ring (bicyclic) bond motifs is 1. The van der Waals surface area contributed by atoms with Crippen LogP contribution < -0.4 is 5.49 Å². The summed E-state index contributed by atoms with van der Waals surface area (Å²) in [6.07, 6.45) is 2.13. The molecule has 0 bridgehead atoms. The largest absolute Gasteiger partial charge is 0.341 e. The van der Waals surface area contributed by atoms with Crippen molar-refractivity contribution in [3.63, 3.8) is 0 Å². The number of likely N-dealkylation sites (tertiary alicyclic amines) is 1. The molecule has 7 nitrogen and oxygen atoms in total. The standard InChI is InChI=1S/C23H30N6OS/c1-5-17-6-8-18(9-7-17)29-21(24)20-16(4)26-27-22(20)25-23(29)31-13-19(30)28-11-14(2)10-15(3)12-28/h6-9,14-15,24H,5,10-13H2,1-4H3,(H,26,27). The number of benzene rings is 1. The van der Waals surface area contributed by atoms with Gasteiger partial charge in [-0.3, -0.25) is 19.9 Å². The first-order chi connectivity index (χ1) is 14.9. The van der Waals surface area contributed by atoms with Crippen LogP contribution in [0.25, 0.3) is 16.7 Å². The molecule has 4 rings (SSSR count). The Labute approximate surface area is 186 Å². The molecule has 1 aliphatic rings. The summed E-state index contributed by atoms with van der Waals surface area (Å²) < 4.78 is 1.82. The number of rotatable bonds is 5. The number of aromatic amines is 1. The van der Waals surface area contributed by atoms with Gasteiger partial charge in [0.25, 0.3) is 0 Å². The fourth-order valence-corrected chi connectivity index (χ4v) is 5.34. The molecule has 1 saturated heterocycles. The van der Waals surface area contributed by atoms with Crippen LogP contribution in [0.3, 0.4) is 0 Å². The minimum atomic E-state index is 0.128. The number of hydrogen-bond donors (Lipinski definition) is 2. The monoisotopic (exact) mass is 438 g/mol. The quantitative estimate of drug-likeness (QED) is 0.469. The first-order valence-corrected chi connectivity index (χ1v) is 11.9. The summed E-state index contributed by atoms with van der Waals surface area (Å²) >= 11 is 1.38. The molecule has 3 heterocycles. The number of amides is 1. The van der Waals surface area contributed by atoms with Crippen LogP contribution in [0.4, 0.5) is 0 Å². The van der Waals surface area contributed by atoms with E-state index < -0.39 is 0 Å². The lowest BCUT2D eigenvalue weighted by molar-refractivity contribution is -0.130. The molecule has 0 spiro atoms. The summed E-state index contributed by atoms with van der Waals surface area (Å²) in [5.74, 6) is 1.48. The zero-order valence-electron chi connectivity index (χ0n) is 18.6. The van der Waals surface area contributed by atoms with Crippen LogP contribution in [0.5, 0.6) is 0 Å². The van der Waals surface area contributed by atoms with E-state index in [1.165, 1.54) is 23.7 Å². The van der Waals surface area contributed by atoms with Gasteiger partial charge in [0.15, 0.2) is 10.8 Å². The fourth-order valence-electron chi connectivity index (χ4n) is 4.43. The van der Waals surface area contributed by atoms with Crippen LogP contribution in [0.2, 0.25) is 0 Å². The summed E-state index contributed by atoms with van der Waals surface area (Å²) in [6.45, 7) is 10.1. The van der Waals surface area contributed by atoms with E-state index in [1.54, 1.807) is 0 Å². The van der Waals surface area contributed by atoms with Crippen molar-refractivity contribution in [1.29, 1.82) is 5.41 Å². The number of nitrogens with one attached hydrogen (secondary N) is 2. The molecule has 31 heavy (non-hydrogen) atoms. The second-order valence-electron chi connectivity index (χ2n) is 8.68. The molecule has 0 saturated carbocycles. The van der Waals surface area contributed by atoms with E-state index in [-0.39, 0.29) is 5.91 Å². The summed E-state index contributed by atoms with van der Waals surface area (Å²) in [5.41, 5.74) is 3.76. The van der Waals surface area contributed by atoms with E-state index in [0.717, 1.165) is 30.9 Å². The van der Waals surface area contributed by atoms with Crippen LogP contribution in [0, 0.1) is 24.2 Å². The van der Waals surface area contributed by atoms with E-state index >= 15 is 0 Å². The highest BCUT2D eigenvalue weighted by Crippen LogP contribution is 2.25. The Morgan fingerprint density at radius 3 is 2.55 bits per heavy atom. The van der Waals surface area contributed by atoms with Gasteiger partial charge in [-0.15, -0.1) is 0 Å². The molecule has 2 N–H and O–H groups in total. The number of thioether (sulfide) groups is 1. The highest BCUT2D eigenvalue weighted by Gasteiger charge is 2.26. The van der Waals surface area contributed by atoms with Crippen molar-refractivity contribution in [2.75, 3.05) is 18.8 Å². The third kappa shape index (κ3) is 4.39. The molecule has 1 aromatic carbocycles. The molecule has 3 aromatic rings. The summed E-state index contributed by atoms with van der Waals surface area (Å²) in [4.78, 5) is 19.6. The first-order valence-electron chi connectivity index (χ1n) is 10.9. The van der Waals surface area contributed by atoms with Gasteiger partial charge in [-0.1, -0.05) is 44.7 Å². The lowest BCUT2D eigenvalue weighted by Crippen LogP contribution is -2.43. The van der Waals surface area contributed by atoms with Crippen molar-refractivity contribution in [2.45, 2.75) is 45.7 Å². The maximum Gasteiger partial charge on any atom is 0.233 e. The predicted molar refractivity (Wildman–Crippen MR) is 123 cm³/mol. The van der Waals surface area contributed by atoms with Gasteiger partial charge in [-0.25, -0.2) is 4.98 Å². The second-order valence-corrected chi connectivity index (χ2v) is 9.62. The molecule has 2 aromatic heterocycles. The minimum absolute atomic E-state index is 0.128. The molecule has 2 atom stereocenters. The van der Waals surface area contributed by atoms with Crippen LogP contribution in [0.15, 0.2) is 29.4 Å². The summed E-state index contributed by atoms with van der Waals surface area (Å²) in [7, 11) is 0. The number of aryl methyl sites for hydroxylation is 2. The molecule has 164 valence electrons. The smallest absolute Gasteiger partial charge is 0.233 e. The van der Waals surface area contributed by atoms with E-state index in [2.05, 4.69) is 43.1 Å². The first kappa shape index (κ1) is 21.6. The van der Waals surface area contributed by atoms with E-state index in [0.29, 0.717) is 39.3 Å². The van der Waals surface area contributed by atoms with Gasteiger partial charge in [-0.2, -0.15) is 5.10 Å². The van der Waals surface area contributed by atoms with Gasteiger partial charge in [0.2, 0.25) is 5.91 Å². The number of nitrogens with zero attached hydrogens (tertiary/aromatic N) is 4. The lowest BCUT2D eigenvalue weighted by atomic mass is 9.92. The summed E-state index contributed by atoms with van der Waals surface area (Å²) in [5, 5.41) is 17.4. The number of hydrogen-bond acceptors (Lipinski definition) is 5. The van der Waals surface area contributed by atoms with Gasteiger partial charge in [-0.05, 0) is 49.3 Å². The van der Waals surface area contributed by atoms with Crippen molar-refractivity contribution in [3.05, 3.63) is 41.0 Å². The van der Waals surface area contributed by atoms with Crippen molar-refractivity contribution in [2.24, 2.45) is 11.8 Å². The topological polar surface area (TPSA) is 90.7 Å². The normalized spacial score (nSPS) is 19.2. The third-order valence-corrected chi connectivity index (χ3v) is 6.85. The molecule has 0 aliphatic carbocycles. The molecule has 2 unspecified atom stereocenters. The SMILES string of the molecule is CCc1ccc(-n2c(SCC(=O)N3CC(C)CC(C)C3)nc3n[nH]c(C)c3c2=N)cc1. The molecular formula is C23H30N6OS. The van der Waals surface area contributed by atoms with Crippen molar-refractivity contribution >= 4 is 28.7 Å². The number of piperidine rings is 1. The number of H-pyrrole nitrogens is 1. The molecule has 8 heteroatoms. The van der Waals surface area contributed by atoms with Crippen LogP contribution >= 0.6 is 11.8 Å². The van der Waals surface area contributed by atoms with Crippen molar-refractivity contribution < 1.29 is 4.79 Å². The van der Waals surface area contributed by atoms with Crippen LogP contribution in [-0.2, 0) is 11.2 Å². The van der Waals surface area contributed by atoms with Crippen LogP contribution in [0.1, 0.15) is 38.4 Å². The van der Waals surface area contributed by atoms with Gasteiger partial charge in [0, 0.05) is 24.5 Å². The average molecular weight is 439 g/mol. The van der Waals surface area contributed by atoms with E-state index in [9.17, 15) is 4.79 Å². The highest BCUT2D eigenvalue weighted by atomic mass is 32.2. The lowest BCUT2D eigenvalue weighted by Gasteiger charge is -2.35. The van der Waals surface area contributed by atoms with Gasteiger partial charge in [0.1, 0.15) is 5.49 Å². The van der Waals surface area contributed by atoms with E-state index in [1.807, 2.05) is 28.5 Å². The average Bonchev–Trinajstić information content (AvgIpc) is 3.12. The maximum absolute atomic E-state index is 12.9. The predicted octanol–water partition coefficient (Wildman–Crippen LogP) is 3.70. The third-order valence-electron chi connectivity index (χ3n) is 5.93. The van der Waals surface area contributed by atoms with Gasteiger partial charge in [0.05, 0.1) is 11.1 Å². The van der Waals surface area contributed by atoms with Crippen LogP contribution in [-0.4, -0.2) is 49.4 Å². The van der Waals surface area contributed by atoms with E-state index in [4.69, 9.17) is 10.4 Å². The molecule has 1 aliphatic heterocycles. The molecule has 1 fully saturated rings. The van der Waals surface area contributed by atoms with Gasteiger partial charge < -0.3 is 4.90 Å². The Morgan fingerprint density at radius 2 is 1.90 bits per heavy atom. The molecular weight excluding hydrogens is 408 g/mol. The zero-order chi connectivity index (χ0) is 22.1. The fraction of sp³-hybridized carbons (Fsp3) is 0.478. The summed E-state index contributed by atoms with van der Waals surface area (Å²) in [6, 6.07) is 8.17. The maximum atomic E-state index is 12.9. The zero-order valence-corrected chi connectivity index (χ0v) is 19.4. The molecule has 1 amide bonds. The Balaban J connectivity index is 1.67. The van der Waals surface area contributed by atoms with Crippen molar-refractivity contribution in [3.8, 4) is 5.69 Å². The Hall–Kier alpha value is -2.61. The number of aromatic nitrogens is 4. The number of carbonyl (C=O) groups is 1. The second kappa shape index (κ2) is 8.86. The highest BCUT2D eigenvalue weighted by molar-refractivity contribution is 7.99. The Bertz CT molecular complexity index is 1140. The molecule has 0 radical (unpaired) electrons.